The number of nitrogens with zero attached hydrogens (tertiary/aromatic N) is 1. The van der Waals surface area contributed by atoms with Gasteiger partial charge in [-0.1, -0.05) is 117 Å². The molecule has 224 valence electrons. The van der Waals surface area contributed by atoms with Crippen LogP contribution in [0.4, 0.5) is 5.69 Å². The fourth-order valence-electron chi connectivity index (χ4n) is 5.66. The molecule has 0 unspecified atom stereocenters. The average molecular weight is 613 g/mol. The van der Waals surface area contributed by atoms with Crippen molar-refractivity contribution in [2.24, 2.45) is 0 Å². The molecule has 6 aromatic rings. The number of amides is 1. The topological polar surface area (TPSA) is 71.3 Å². The van der Waals surface area contributed by atoms with Crippen LogP contribution in [0.2, 0.25) is 5.02 Å². The molecule has 2 N–H and O–H groups in total. The molecule has 6 heteroatoms. The minimum atomic E-state index is -1.14. The first kappa shape index (κ1) is 29.9. The van der Waals surface area contributed by atoms with Crippen LogP contribution in [0.3, 0.4) is 0 Å². The Labute approximate surface area is 267 Å². The lowest BCUT2D eigenvalue weighted by Gasteiger charge is -2.19. The summed E-state index contributed by atoms with van der Waals surface area (Å²) in [4.78, 5) is 26.5. The lowest BCUT2D eigenvalue weighted by Crippen LogP contribution is -2.16. The van der Waals surface area contributed by atoms with Crippen LogP contribution in [0.1, 0.15) is 52.7 Å². The van der Waals surface area contributed by atoms with Gasteiger partial charge in [0.25, 0.3) is 5.91 Å². The first-order valence-electron chi connectivity index (χ1n) is 14.8. The molecular formula is C39H33ClN2O3. The highest BCUT2D eigenvalue weighted by Gasteiger charge is 2.25. The number of carbonyl (C=O) groups is 2. The van der Waals surface area contributed by atoms with Crippen molar-refractivity contribution in [2.45, 2.75) is 32.7 Å². The second kappa shape index (κ2) is 12.1. The van der Waals surface area contributed by atoms with Gasteiger partial charge in [0.2, 0.25) is 0 Å². The van der Waals surface area contributed by atoms with E-state index in [9.17, 15) is 14.7 Å². The summed E-state index contributed by atoms with van der Waals surface area (Å²) in [6, 6.07) is 38.8. The second-order valence-corrected chi connectivity index (χ2v) is 12.6. The van der Waals surface area contributed by atoms with Gasteiger partial charge >= 0.3 is 5.97 Å². The van der Waals surface area contributed by atoms with Crippen LogP contribution in [0.15, 0.2) is 121 Å². The van der Waals surface area contributed by atoms with Crippen LogP contribution >= 0.6 is 11.6 Å². The fourth-order valence-corrected chi connectivity index (χ4v) is 5.87. The zero-order valence-electron chi connectivity index (χ0n) is 25.3. The number of aromatic carboxylic acids is 1. The Morgan fingerprint density at radius 2 is 1.36 bits per heavy atom. The number of hydrogen-bond donors (Lipinski definition) is 2. The SMILES string of the molecule is CC(C)(C)c1ccc(-c2ccc3c(c2)c(NC(=O)c2ccc(-c4ccccc4)cc2)c(C(=O)O)n3Cc2cccc(Cl)c2)cc1. The predicted molar refractivity (Wildman–Crippen MR) is 183 cm³/mol. The quantitative estimate of drug-likeness (QED) is 0.188. The Hall–Kier alpha value is -5.13. The molecule has 5 aromatic carbocycles. The van der Waals surface area contributed by atoms with Gasteiger partial charge in [-0.05, 0) is 75.2 Å². The lowest BCUT2D eigenvalue weighted by atomic mass is 9.86. The summed E-state index contributed by atoms with van der Waals surface area (Å²) in [6.07, 6.45) is 0. The zero-order valence-corrected chi connectivity index (χ0v) is 26.1. The number of carbonyl (C=O) groups excluding carboxylic acids is 1. The Balaban J connectivity index is 1.45. The van der Waals surface area contributed by atoms with Gasteiger partial charge in [-0.25, -0.2) is 4.79 Å². The van der Waals surface area contributed by atoms with Crippen molar-refractivity contribution < 1.29 is 14.7 Å². The second-order valence-electron chi connectivity index (χ2n) is 12.2. The van der Waals surface area contributed by atoms with Gasteiger partial charge in [-0.2, -0.15) is 0 Å². The number of rotatable bonds is 7. The molecule has 0 saturated heterocycles. The first-order valence-corrected chi connectivity index (χ1v) is 15.2. The average Bonchev–Trinajstić information content (AvgIpc) is 3.33. The molecule has 1 aromatic heterocycles. The maximum Gasteiger partial charge on any atom is 0.354 e. The highest BCUT2D eigenvalue weighted by Crippen LogP contribution is 2.36. The summed E-state index contributed by atoms with van der Waals surface area (Å²) in [6.45, 7) is 6.79. The van der Waals surface area contributed by atoms with E-state index in [0.717, 1.165) is 27.8 Å². The van der Waals surface area contributed by atoms with E-state index in [4.69, 9.17) is 11.6 Å². The molecule has 1 amide bonds. The molecule has 0 bridgehead atoms. The van der Waals surface area contributed by atoms with Gasteiger partial charge < -0.3 is 15.0 Å². The van der Waals surface area contributed by atoms with E-state index in [2.05, 4.69) is 50.4 Å². The maximum absolute atomic E-state index is 13.6. The molecule has 0 aliphatic heterocycles. The number of carboxylic acid groups (broad SMARTS) is 1. The smallest absolute Gasteiger partial charge is 0.354 e. The molecule has 45 heavy (non-hydrogen) atoms. The molecule has 0 saturated carbocycles. The zero-order chi connectivity index (χ0) is 31.7. The highest BCUT2D eigenvalue weighted by atomic mass is 35.5. The van der Waals surface area contributed by atoms with Crippen molar-refractivity contribution in [1.29, 1.82) is 0 Å². The van der Waals surface area contributed by atoms with Gasteiger partial charge in [0.05, 0.1) is 11.2 Å². The van der Waals surface area contributed by atoms with Gasteiger partial charge in [0.1, 0.15) is 0 Å². The molecule has 0 spiro atoms. The minimum absolute atomic E-state index is 0.000498. The van der Waals surface area contributed by atoms with E-state index in [-0.39, 0.29) is 29.2 Å². The molecule has 0 atom stereocenters. The van der Waals surface area contributed by atoms with Crippen molar-refractivity contribution in [3.8, 4) is 22.3 Å². The summed E-state index contributed by atoms with van der Waals surface area (Å²) in [5, 5.41) is 14.7. The van der Waals surface area contributed by atoms with Crippen LogP contribution in [0, 0.1) is 0 Å². The van der Waals surface area contributed by atoms with Crippen LogP contribution in [0.5, 0.6) is 0 Å². The summed E-state index contributed by atoms with van der Waals surface area (Å²) in [5.74, 6) is -1.53. The number of fused-ring (bicyclic) bond motifs is 1. The van der Waals surface area contributed by atoms with Crippen LogP contribution in [-0.4, -0.2) is 21.6 Å². The van der Waals surface area contributed by atoms with E-state index < -0.39 is 5.97 Å². The molecule has 1 heterocycles. The number of benzene rings is 5. The largest absolute Gasteiger partial charge is 0.477 e. The molecular weight excluding hydrogens is 580 g/mol. The summed E-state index contributed by atoms with van der Waals surface area (Å²) < 4.78 is 1.73. The van der Waals surface area contributed by atoms with E-state index in [1.54, 1.807) is 22.8 Å². The van der Waals surface area contributed by atoms with E-state index in [1.807, 2.05) is 78.9 Å². The Kier molecular flexibility index (Phi) is 8.05. The number of anilines is 1. The molecule has 0 radical (unpaired) electrons. The van der Waals surface area contributed by atoms with Crippen LogP contribution < -0.4 is 5.32 Å². The van der Waals surface area contributed by atoms with Crippen LogP contribution in [-0.2, 0) is 12.0 Å². The Morgan fingerprint density at radius 3 is 2.00 bits per heavy atom. The molecule has 0 aliphatic carbocycles. The first-order chi connectivity index (χ1) is 21.6. The molecule has 0 fully saturated rings. The molecule has 6 rings (SSSR count). The number of hydrogen-bond acceptors (Lipinski definition) is 2. The van der Waals surface area contributed by atoms with Crippen molar-refractivity contribution in [2.75, 3.05) is 5.32 Å². The highest BCUT2D eigenvalue weighted by molar-refractivity contribution is 6.30. The van der Waals surface area contributed by atoms with Gasteiger partial charge in [0, 0.05) is 22.5 Å². The molecule has 0 aliphatic rings. The monoisotopic (exact) mass is 612 g/mol. The van der Waals surface area contributed by atoms with Crippen molar-refractivity contribution in [3.05, 3.63) is 149 Å². The Bertz CT molecular complexity index is 2020. The third kappa shape index (κ3) is 6.26. The fraction of sp³-hybridized carbons (Fsp3) is 0.128. The normalized spacial score (nSPS) is 11.5. The maximum atomic E-state index is 13.6. The van der Waals surface area contributed by atoms with E-state index in [0.29, 0.717) is 21.5 Å². The summed E-state index contributed by atoms with van der Waals surface area (Å²) >= 11 is 6.27. The number of aromatic nitrogens is 1. The summed E-state index contributed by atoms with van der Waals surface area (Å²) in [7, 11) is 0. The third-order valence-electron chi connectivity index (χ3n) is 8.07. The number of halogens is 1. The third-order valence-corrected chi connectivity index (χ3v) is 8.31. The van der Waals surface area contributed by atoms with E-state index >= 15 is 0 Å². The van der Waals surface area contributed by atoms with Crippen molar-refractivity contribution in [1.82, 2.24) is 4.57 Å². The van der Waals surface area contributed by atoms with E-state index in [1.165, 1.54) is 5.56 Å². The standard InChI is InChI=1S/C39H33ClN2O3/c1-39(2,3)31-19-16-28(17-20-31)30-18-21-34-33(23-30)35(36(38(44)45)42(34)24-25-8-7-11-32(40)22-25)41-37(43)29-14-12-27(13-15-29)26-9-5-4-6-10-26/h4-23H,24H2,1-3H3,(H,41,43)(H,44,45). The van der Waals surface area contributed by atoms with Gasteiger partial charge in [0.15, 0.2) is 5.69 Å². The number of carboxylic acids is 1. The minimum Gasteiger partial charge on any atom is -0.477 e. The van der Waals surface area contributed by atoms with Crippen molar-refractivity contribution in [3.63, 3.8) is 0 Å². The van der Waals surface area contributed by atoms with Gasteiger partial charge in [-0.15, -0.1) is 0 Å². The van der Waals surface area contributed by atoms with Crippen molar-refractivity contribution >= 4 is 40.1 Å². The van der Waals surface area contributed by atoms with Gasteiger partial charge in [-0.3, -0.25) is 4.79 Å². The Morgan fingerprint density at radius 1 is 0.733 bits per heavy atom. The summed E-state index contributed by atoms with van der Waals surface area (Å²) in [5.41, 5.74) is 7.41. The lowest BCUT2D eigenvalue weighted by molar-refractivity contribution is 0.0687. The number of nitrogens with one attached hydrogen (secondary N) is 1. The molecule has 5 nitrogen and oxygen atoms in total. The van der Waals surface area contributed by atoms with Crippen LogP contribution in [0.25, 0.3) is 33.2 Å². The predicted octanol–water partition coefficient (Wildman–Crippen LogP) is 9.92.